The van der Waals surface area contributed by atoms with Crippen LogP contribution in [-0.2, 0) is 4.79 Å². The molecule has 1 aromatic rings. The van der Waals surface area contributed by atoms with Crippen molar-refractivity contribution in [3.63, 3.8) is 0 Å². The molecular weight excluding hydrogens is 234 g/mol. The van der Waals surface area contributed by atoms with Crippen LogP contribution in [0.4, 0.5) is 5.13 Å². The molecule has 0 aliphatic heterocycles. The molecule has 0 spiro atoms. The summed E-state index contributed by atoms with van der Waals surface area (Å²) in [5, 5.41) is 14.2. The van der Waals surface area contributed by atoms with Crippen molar-refractivity contribution < 1.29 is 9.90 Å². The number of carboxylic acid groups (broad SMARTS) is 1. The van der Waals surface area contributed by atoms with E-state index in [1.807, 2.05) is 6.26 Å². The molecule has 1 rings (SSSR count). The highest BCUT2D eigenvalue weighted by Crippen LogP contribution is 2.19. The van der Waals surface area contributed by atoms with Gasteiger partial charge < -0.3 is 16.2 Å². The lowest BCUT2D eigenvalue weighted by molar-refractivity contribution is -0.138. The fraction of sp³-hybridized carbons (Fsp3) is 0.500. The average molecular weight is 247 g/mol. The van der Waals surface area contributed by atoms with Gasteiger partial charge >= 0.3 is 5.97 Å². The van der Waals surface area contributed by atoms with Crippen LogP contribution in [0, 0.1) is 0 Å². The molecule has 0 aliphatic carbocycles. The SMILES string of the molecule is CSCCNc1nc(C(N)C(=O)O)cs1. The minimum absolute atomic E-state index is 0.402. The van der Waals surface area contributed by atoms with Crippen LogP contribution in [0.15, 0.2) is 5.38 Å². The Morgan fingerprint density at radius 1 is 1.87 bits per heavy atom. The Morgan fingerprint density at radius 3 is 3.20 bits per heavy atom. The normalized spacial score (nSPS) is 12.4. The van der Waals surface area contributed by atoms with Gasteiger partial charge in [0.2, 0.25) is 0 Å². The lowest BCUT2D eigenvalue weighted by Crippen LogP contribution is -2.21. The zero-order chi connectivity index (χ0) is 11.3. The van der Waals surface area contributed by atoms with E-state index in [9.17, 15) is 4.79 Å². The highest BCUT2D eigenvalue weighted by Gasteiger charge is 2.17. The molecule has 0 saturated heterocycles. The van der Waals surface area contributed by atoms with Crippen LogP contribution in [0.2, 0.25) is 0 Å². The number of thioether (sulfide) groups is 1. The number of nitrogens with zero attached hydrogens (tertiary/aromatic N) is 1. The molecule has 15 heavy (non-hydrogen) atoms. The molecular formula is C8H13N3O2S2. The number of anilines is 1. The van der Waals surface area contributed by atoms with E-state index in [1.165, 1.54) is 11.3 Å². The van der Waals surface area contributed by atoms with E-state index in [-0.39, 0.29) is 0 Å². The molecule has 1 atom stereocenters. The molecule has 4 N–H and O–H groups in total. The van der Waals surface area contributed by atoms with Crippen molar-refractivity contribution in [2.45, 2.75) is 6.04 Å². The summed E-state index contributed by atoms with van der Waals surface area (Å²) in [7, 11) is 0. The first-order valence-corrected chi connectivity index (χ1v) is 6.59. The van der Waals surface area contributed by atoms with Gasteiger partial charge in [-0.3, -0.25) is 4.79 Å². The zero-order valence-electron chi connectivity index (χ0n) is 8.27. The summed E-state index contributed by atoms with van der Waals surface area (Å²) < 4.78 is 0. The molecule has 1 heterocycles. The van der Waals surface area contributed by atoms with Gasteiger partial charge in [0.25, 0.3) is 0 Å². The van der Waals surface area contributed by atoms with Crippen molar-refractivity contribution in [1.82, 2.24) is 4.98 Å². The fourth-order valence-corrected chi connectivity index (χ4v) is 1.98. The number of hydrogen-bond acceptors (Lipinski definition) is 6. The molecule has 0 fully saturated rings. The van der Waals surface area contributed by atoms with Crippen LogP contribution in [0.3, 0.4) is 0 Å². The number of carbonyl (C=O) groups is 1. The second-order valence-corrected chi connectivity index (χ2v) is 4.66. The fourth-order valence-electron chi connectivity index (χ4n) is 0.897. The minimum atomic E-state index is -1.06. The third-order valence-corrected chi connectivity index (χ3v) is 3.12. The van der Waals surface area contributed by atoms with Gasteiger partial charge in [-0.1, -0.05) is 0 Å². The molecule has 5 nitrogen and oxygen atoms in total. The predicted molar refractivity (Wildman–Crippen MR) is 63.5 cm³/mol. The summed E-state index contributed by atoms with van der Waals surface area (Å²) in [5.74, 6) is -0.0733. The number of carboxylic acids is 1. The molecule has 0 aliphatic rings. The second kappa shape index (κ2) is 5.94. The molecule has 1 unspecified atom stereocenters. The van der Waals surface area contributed by atoms with Crippen molar-refractivity contribution in [1.29, 1.82) is 0 Å². The van der Waals surface area contributed by atoms with Gasteiger partial charge in [-0.05, 0) is 6.26 Å². The van der Waals surface area contributed by atoms with Gasteiger partial charge in [0.15, 0.2) is 5.13 Å². The maximum Gasteiger partial charge on any atom is 0.326 e. The molecule has 0 radical (unpaired) electrons. The van der Waals surface area contributed by atoms with E-state index in [0.29, 0.717) is 5.69 Å². The second-order valence-electron chi connectivity index (χ2n) is 2.81. The van der Waals surface area contributed by atoms with Gasteiger partial charge in [-0.25, -0.2) is 4.98 Å². The monoisotopic (exact) mass is 247 g/mol. The van der Waals surface area contributed by atoms with Gasteiger partial charge in [-0.15, -0.1) is 11.3 Å². The van der Waals surface area contributed by atoms with Gasteiger partial charge in [0, 0.05) is 17.7 Å². The maximum absolute atomic E-state index is 10.6. The highest BCUT2D eigenvalue weighted by molar-refractivity contribution is 7.98. The van der Waals surface area contributed by atoms with E-state index >= 15 is 0 Å². The molecule has 7 heteroatoms. The number of hydrogen-bond donors (Lipinski definition) is 3. The van der Waals surface area contributed by atoms with Crippen LogP contribution in [0.25, 0.3) is 0 Å². The molecule has 0 saturated carbocycles. The highest BCUT2D eigenvalue weighted by atomic mass is 32.2. The molecule has 0 aromatic carbocycles. The lowest BCUT2D eigenvalue weighted by Gasteiger charge is -2.01. The van der Waals surface area contributed by atoms with E-state index in [1.54, 1.807) is 17.1 Å². The van der Waals surface area contributed by atoms with Gasteiger partial charge in [0.1, 0.15) is 6.04 Å². The Bertz CT molecular complexity index is 329. The van der Waals surface area contributed by atoms with E-state index in [4.69, 9.17) is 10.8 Å². The van der Waals surface area contributed by atoms with Crippen LogP contribution in [0.1, 0.15) is 11.7 Å². The average Bonchev–Trinajstić information content (AvgIpc) is 2.65. The molecule has 0 amide bonds. The van der Waals surface area contributed by atoms with Crippen LogP contribution in [-0.4, -0.2) is 34.6 Å². The summed E-state index contributed by atoms with van der Waals surface area (Å²) in [6, 6.07) is -1.03. The predicted octanol–water partition coefficient (Wildman–Crippen LogP) is 1.00. The number of thiazole rings is 1. The number of rotatable bonds is 6. The first-order valence-electron chi connectivity index (χ1n) is 4.31. The van der Waals surface area contributed by atoms with Crippen molar-refractivity contribution in [2.24, 2.45) is 5.73 Å². The third-order valence-electron chi connectivity index (χ3n) is 1.69. The van der Waals surface area contributed by atoms with E-state index < -0.39 is 12.0 Å². The Morgan fingerprint density at radius 2 is 2.60 bits per heavy atom. The zero-order valence-corrected chi connectivity index (χ0v) is 9.90. The lowest BCUT2D eigenvalue weighted by atomic mass is 10.2. The third kappa shape index (κ3) is 3.69. The summed E-state index contributed by atoms with van der Waals surface area (Å²) in [4.78, 5) is 14.7. The van der Waals surface area contributed by atoms with Crippen molar-refractivity contribution in [3.05, 3.63) is 11.1 Å². The molecule has 84 valence electrons. The van der Waals surface area contributed by atoms with Gasteiger partial charge in [0.05, 0.1) is 5.69 Å². The quantitative estimate of drug-likeness (QED) is 0.650. The van der Waals surface area contributed by atoms with Crippen molar-refractivity contribution >= 4 is 34.2 Å². The Hall–Kier alpha value is -0.790. The van der Waals surface area contributed by atoms with E-state index in [2.05, 4.69) is 10.3 Å². The summed E-state index contributed by atoms with van der Waals surface area (Å²) in [6.45, 7) is 0.816. The van der Waals surface area contributed by atoms with Crippen molar-refractivity contribution in [3.8, 4) is 0 Å². The standard InChI is InChI=1S/C8H13N3O2S2/c1-14-3-2-10-8-11-5(4-15-8)6(9)7(12)13/h4,6H,2-3,9H2,1H3,(H,10,11)(H,12,13). The summed E-state index contributed by atoms with van der Waals surface area (Å²) >= 11 is 3.11. The first-order chi connectivity index (χ1) is 7.15. The molecule has 0 bridgehead atoms. The van der Waals surface area contributed by atoms with Crippen LogP contribution >= 0.6 is 23.1 Å². The van der Waals surface area contributed by atoms with Crippen LogP contribution < -0.4 is 11.1 Å². The number of nitrogens with two attached hydrogens (primary N) is 1. The van der Waals surface area contributed by atoms with E-state index in [0.717, 1.165) is 17.4 Å². The Labute approximate surface area is 96.1 Å². The summed E-state index contributed by atoms with van der Waals surface area (Å²) in [5.41, 5.74) is 5.82. The molecule has 1 aromatic heterocycles. The van der Waals surface area contributed by atoms with Crippen LogP contribution in [0.5, 0.6) is 0 Å². The van der Waals surface area contributed by atoms with Gasteiger partial charge in [-0.2, -0.15) is 11.8 Å². The largest absolute Gasteiger partial charge is 0.480 e. The number of aliphatic carboxylic acids is 1. The number of nitrogens with one attached hydrogen (secondary N) is 1. The topological polar surface area (TPSA) is 88.2 Å². The summed E-state index contributed by atoms with van der Waals surface area (Å²) in [6.07, 6.45) is 2.02. The van der Waals surface area contributed by atoms with Crippen molar-refractivity contribution in [2.75, 3.05) is 23.9 Å². The minimum Gasteiger partial charge on any atom is -0.480 e. The number of aromatic nitrogens is 1. The Kier molecular flexibility index (Phi) is 4.86. The first kappa shape index (κ1) is 12.3. The maximum atomic E-state index is 10.6. The smallest absolute Gasteiger partial charge is 0.326 e. The Balaban J connectivity index is 2.52.